The molecule has 154 valence electrons. The van der Waals surface area contributed by atoms with Crippen LogP contribution in [0.3, 0.4) is 0 Å². The van der Waals surface area contributed by atoms with E-state index in [4.69, 9.17) is 11.6 Å². The van der Waals surface area contributed by atoms with Crippen molar-refractivity contribution >= 4 is 51.3 Å². The lowest BCUT2D eigenvalue weighted by Crippen LogP contribution is -2.78. The molecule has 0 aliphatic carbocycles. The van der Waals surface area contributed by atoms with E-state index in [0.29, 0.717) is 44.4 Å². The highest BCUT2D eigenvalue weighted by Crippen LogP contribution is 2.32. The Morgan fingerprint density at radius 3 is 2.90 bits per heavy atom. The summed E-state index contributed by atoms with van der Waals surface area (Å²) in [6.45, 7) is 5.73. The molecule has 5 rings (SSSR count). The van der Waals surface area contributed by atoms with Gasteiger partial charge < -0.3 is 20.9 Å². The number of benzene rings is 1. The van der Waals surface area contributed by atoms with Crippen LogP contribution in [0, 0.1) is 13.8 Å². The number of hydrogen-bond donors (Lipinski definition) is 3. The number of carbonyl (C=O) groups excluding carboxylic acids is 1. The number of piperazine rings is 1. The van der Waals surface area contributed by atoms with Crippen LogP contribution in [0.4, 0.5) is 22.5 Å². The van der Waals surface area contributed by atoms with E-state index in [0.717, 1.165) is 24.5 Å². The molecule has 1 aromatic carbocycles. The van der Waals surface area contributed by atoms with Gasteiger partial charge in [-0.3, -0.25) is 4.79 Å². The van der Waals surface area contributed by atoms with Crippen molar-refractivity contribution in [3.63, 3.8) is 0 Å². The Bertz CT molecular complexity index is 1110. The molecule has 3 N–H and O–H groups in total. The van der Waals surface area contributed by atoms with Crippen LogP contribution in [0.5, 0.6) is 0 Å². The first kappa shape index (κ1) is 19.2. The van der Waals surface area contributed by atoms with E-state index < -0.39 is 0 Å². The lowest BCUT2D eigenvalue weighted by atomic mass is 9.89. The second-order valence-electron chi connectivity index (χ2n) is 7.43. The van der Waals surface area contributed by atoms with Gasteiger partial charge in [-0.25, -0.2) is 15.0 Å². The fourth-order valence-corrected chi connectivity index (χ4v) is 4.64. The van der Waals surface area contributed by atoms with Crippen LogP contribution in [0.15, 0.2) is 30.5 Å². The first-order chi connectivity index (χ1) is 14.5. The first-order valence-electron chi connectivity index (χ1n) is 9.63. The zero-order chi connectivity index (χ0) is 20.8. The number of nitrogens with one attached hydrogen (secondary N) is 3. The summed E-state index contributed by atoms with van der Waals surface area (Å²) in [7, 11) is 0. The van der Waals surface area contributed by atoms with Crippen molar-refractivity contribution < 1.29 is 4.79 Å². The second kappa shape index (κ2) is 7.50. The van der Waals surface area contributed by atoms with Crippen molar-refractivity contribution in [2.24, 2.45) is 0 Å². The zero-order valence-electron chi connectivity index (χ0n) is 16.4. The predicted molar refractivity (Wildman–Crippen MR) is 119 cm³/mol. The highest BCUT2D eigenvalue weighted by molar-refractivity contribution is 7.17. The van der Waals surface area contributed by atoms with Gasteiger partial charge in [-0.15, -0.1) is 0 Å². The SMILES string of the molecule is Cc1nc(Nc2ncc(C(=O)Nc3c(C)cccc3Cl)s2)cc(N2CC3NC[C@@H]32)n1. The van der Waals surface area contributed by atoms with Gasteiger partial charge in [0.2, 0.25) is 0 Å². The number of para-hydroxylation sites is 1. The molecule has 1 unspecified atom stereocenters. The third kappa shape index (κ3) is 3.49. The minimum absolute atomic E-state index is 0.250. The van der Waals surface area contributed by atoms with Crippen molar-refractivity contribution in [2.75, 3.05) is 28.6 Å². The standard InChI is InChI=1S/C20H20ClN7OS/c1-10-4-3-5-12(21)18(10)27-19(29)15-8-23-20(30-15)26-16-6-17(25-11(2)24-16)28-9-13-14(28)7-22-13/h3-6,8,13-14,22H,7,9H2,1-2H3,(H,27,29)(H,23,24,25,26)/t13?,14-/m0/s1. The van der Waals surface area contributed by atoms with Gasteiger partial charge in [-0.2, -0.15) is 0 Å². The van der Waals surface area contributed by atoms with E-state index in [2.05, 4.69) is 35.8 Å². The van der Waals surface area contributed by atoms with Crippen LogP contribution < -0.4 is 20.9 Å². The summed E-state index contributed by atoms with van der Waals surface area (Å²) < 4.78 is 0. The van der Waals surface area contributed by atoms with E-state index in [9.17, 15) is 4.79 Å². The van der Waals surface area contributed by atoms with Gasteiger partial charge in [-0.05, 0) is 25.5 Å². The van der Waals surface area contributed by atoms with Crippen molar-refractivity contribution in [2.45, 2.75) is 25.9 Å². The van der Waals surface area contributed by atoms with E-state index in [1.807, 2.05) is 32.0 Å². The quantitative estimate of drug-likeness (QED) is 0.558. The molecular formula is C20H20ClN7OS. The number of aromatic nitrogens is 3. The molecule has 30 heavy (non-hydrogen) atoms. The fourth-order valence-electron chi connectivity index (χ4n) is 3.65. The number of nitrogens with zero attached hydrogens (tertiary/aromatic N) is 4. The zero-order valence-corrected chi connectivity index (χ0v) is 18.0. The van der Waals surface area contributed by atoms with Gasteiger partial charge in [0.15, 0.2) is 5.13 Å². The molecular weight excluding hydrogens is 422 g/mol. The predicted octanol–water partition coefficient (Wildman–Crippen LogP) is 3.36. The van der Waals surface area contributed by atoms with Crippen LogP contribution in [-0.4, -0.2) is 46.0 Å². The number of amides is 1. The maximum atomic E-state index is 12.6. The molecule has 2 atom stereocenters. The van der Waals surface area contributed by atoms with Crippen molar-refractivity contribution in [3.8, 4) is 0 Å². The fraction of sp³-hybridized carbons (Fsp3) is 0.300. The summed E-state index contributed by atoms with van der Waals surface area (Å²) in [6, 6.07) is 8.53. The third-order valence-electron chi connectivity index (χ3n) is 5.39. The monoisotopic (exact) mass is 441 g/mol. The average Bonchev–Trinajstić information content (AvgIpc) is 3.15. The molecule has 1 amide bonds. The number of aryl methyl sites for hydroxylation is 2. The molecule has 4 heterocycles. The Labute approximate surface area is 182 Å². The number of halogens is 1. The van der Waals surface area contributed by atoms with Crippen LogP contribution in [0.25, 0.3) is 0 Å². The number of carbonyl (C=O) groups is 1. The summed E-state index contributed by atoms with van der Waals surface area (Å²) in [5.74, 6) is 2.02. The minimum atomic E-state index is -0.250. The average molecular weight is 442 g/mol. The van der Waals surface area contributed by atoms with E-state index in [1.165, 1.54) is 11.3 Å². The molecule has 2 aliphatic heterocycles. The minimum Gasteiger partial charge on any atom is -0.349 e. The summed E-state index contributed by atoms with van der Waals surface area (Å²) in [5.41, 5.74) is 1.51. The molecule has 2 aliphatic rings. The van der Waals surface area contributed by atoms with Gasteiger partial charge >= 0.3 is 0 Å². The molecule has 2 aromatic heterocycles. The first-order valence-corrected chi connectivity index (χ1v) is 10.8. The Hall–Kier alpha value is -2.75. The third-order valence-corrected chi connectivity index (χ3v) is 6.62. The molecule has 0 saturated carbocycles. The van der Waals surface area contributed by atoms with E-state index in [1.54, 1.807) is 12.3 Å². The van der Waals surface area contributed by atoms with Crippen LogP contribution in [-0.2, 0) is 0 Å². The Balaban J connectivity index is 1.30. The Kier molecular flexibility index (Phi) is 4.80. The lowest BCUT2D eigenvalue weighted by molar-refractivity contribution is 0.103. The van der Waals surface area contributed by atoms with Crippen molar-refractivity contribution in [3.05, 3.63) is 51.7 Å². The second-order valence-corrected chi connectivity index (χ2v) is 8.87. The smallest absolute Gasteiger partial charge is 0.267 e. The van der Waals surface area contributed by atoms with Crippen LogP contribution in [0.2, 0.25) is 5.02 Å². The maximum absolute atomic E-state index is 12.6. The lowest BCUT2D eigenvalue weighted by Gasteiger charge is -2.56. The number of anilines is 4. The highest BCUT2D eigenvalue weighted by atomic mass is 35.5. The van der Waals surface area contributed by atoms with Gasteiger partial charge in [0, 0.05) is 25.2 Å². The summed E-state index contributed by atoms with van der Waals surface area (Å²) >= 11 is 7.46. The number of hydrogen-bond acceptors (Lipinski definition) is 8. The van der Waals surface area contributed by atoms with Gasteiger partial charge in [0.1, 0.15) is 22.3 Å². The number of rotatable bonds is 5. The van der Waals surface area contributed by atoms with Crippen molar-refractivity contribution in [1.29, 1.82) is 0 Å². The Morgan fingerprint density at radius 1 is 1.33 bits per heavy atom. The topological polar surface area (TPSA) is 95.1 Å². The Morgan fingerprint density at radius 2 is 2.20 bits per heavy atom. The maximum Gasteiger partial charge on any atom is 0.267 e. The number of thiazole rings is 1. The summed E-state index contributed by atoms with van der Waals surface area (Å²) in [4.78, 5) is 28.8. The molecule has 0 bridgehead atoms. The van der Waals surface area contributed by atoms with Gasteiger partial charge in [-0.1, -0.05) is 35.1 Å². The molecule has 2 fully saturated rings. The van der Waals surface area contributed by atoms with E-state index >= 15 is 0 Å². The number of fused-ring (bicyclic) bond motifs is 1. The van der Waals surface area contributed by atoms with Crippen molar-refractivity contribution in [1.82, 2.24) is 20.3 Å². The van der Waals surface area contributed by atoms with E-state index in [-0.39, 0.29) is 5.91 Å². The van der Waals surface area contributed by atoms with Gasteiger partial charge in [0.05, 0.1) is 22.9 Å². The molecule has 0 spiro atoms. The molecule has 3 aromatic rings. The summed E-state index contributed by atoms with van der Waals surface area (Å²) in [6.07, 6.45) is 1.55. The largest absolute Gasteiger partial charge is 0.349 e. The van der Waals surface area contributed by atoms with Crippen LogP contribution in [0.1, 0.15) is 21.1 Å². The van der Waals surface area contributed by atoms with Crippen LogP contribution >= 0.6 is 22.9 Å². The highest BCUT2D eigenvalue weighted by Gasteiger charge is 2.46. The normalized spacial score (nSPS) is 19.5. The molecule has 0 radical (unpaired) electrons. The molecule has 8 nitrogen and oxygen atoms in total. The van der Waals surface area contributed by atoms with Gasteiger partial charge in [0.25, 0.3) is 5.91 Å². The molecule has 10 heteroatoms. The summed E-state index contributed by atoms with van der Waals surface area (Å²) in [5, 5.41) is 10.6. The molecule has 2 saturated heterocycles.